The molecule has 1 fully saturated rings. The highest BCUT2D eigenvalue weighted by atomic mass is 16.6. The Balaban J connectivity index is 2.72. The van der Waals surface area contributed by atoms with Crippen molar-refractivity contribution in [3.8, 4) is 0 Å². The summed E-state index contributed by atoms with van der Waals surface area (Å²) in [4.78, 5) is 11.4. The summed E-state index contributed by atoms with van der Waals surface area (Å²) in [6, 6.07) is 0. The fraction of sp³-hybridized carbons (Fsp3) is 0.857. The molecule has 2 atom stereocenters. The van der Waals surface area contributed by atoms with Crippen LogP contribution in [-0.2, 0) is 4.74 Å². The zero-order valence-electron chi connectivity index (χ0n) is 7.97. The summed E-state index contributed by atoms with van der Waals surface area (Å²) in [5.74, 6) is -0.317. The van der Waals surface area contributed by atoms with Crippen molar-refractivity contribution < 1.29 is 9.66 Å². The Hall–Kier alpha value is -1.37. The van der Waals surface area contributed by atoms with E-state index in [1.54, 1.807) is 0 Å². The Morgan fingerprint density at radius 3 is 2.86 bits per heavy atom. The molecule has 0 aromatic carbocycles. The van der Waals surface area contributed by atoms with E-state index in [-0.39, 0.29) is 5.96 Å². The number of hydrogen-bond acceptors (Lipinski definition) is 4. The first-order chi connectivity index (χ1) is 6.54. The molecule has 0 saturated carbocycles. The first-order valence-electron chi connectivity index (χ1n) is 4.36. The number of hydrogen-bond donors (Lipinski definition) is 2. The molecule has 0 aliphatic carbocycles. The number of rotatable bonds is 3. The average molecular weight is 202 g/mol. The fourth-order valence-corrected chi connectivity index (χ4v) is 1.51. The van der Waals surface area contributed by atoms with Gasteiger partial charge < -0.3 is 10.5 Å². The van der Waals surface area contributed by atoms with Crippen molar-refractivity contribution in [2.45, 2.75) is 25.1 Å². The molecular weight excluding hydrogens is 188 g/mol. The van der Waals surface area contributed by atoms with Gasteiger partial charge in [0.2, 0.25) is 0 Å². The smallest absolute Gasteiger partial charge is 0.315 e. The SMILES string of the molecule is CN(C(=N)N)C(C1CCCO1)[N+](=O)[O-]. The van der Waals surface area contributed by atoms with Crippen LogP contribution in [-0.4, -0.2) is 41.7 Å². The highest BCUT2D eigenvalue weighted by Crippen LogP contribution is 2.19. The van der Waals surface area contributed by atoms with Crippen LogP contribution in [0.4, 0.5) is 0 Å². The monoisotopic (exact) mass is 202 g/mol. The lowest BCUT2D eigenvalue weighted by molar-refractivity contribution is -0.555. The lowest BCUT2D eigenvalue weighted by Gasteiger charge is -2.24. The van der Waals surface area contributed by atoms with Crippen molar-refractivity contribution >= 4 is 5.96 Å². The molecule has 7 nitrogen and oxygen atoms in total. The third kappa shape index (κ3) is 2.11. The summed E-state index contributed by atoms with van der Waals surface area (Å²) in [6.45, 7) is 0.542. The van der Waals surface area contributed by atoms with E-state index in [1.807, 2.05) is 0 Å². The normalized spacial score (nSPS) is 23.1. The Labute approximate surface area is 81.5 Å². The van der Waals surface area contributed by atoms with Gasteiger partial charge in [-0.15, -0.1) is 0 Å². The largest absolute Gasteiger partial charge is 0.370 e. The van der Waals surface area contributed by atoms with E-state index in [0.717, 1.165) is 11.3 Å². The van der Waals surface area contributed by atoms with E-state index in [0.29, 0.717) is 13.0 Å². The number of likely N-dealkylation sites (N-methyl/N-ethyl adjacent to an activating group) is 1. The number of nitrogens with zero attached hydrogens (tertiary/aromatic N) is 2. The highest BCUT2D eigenvalue weighted by molar-refractivity contribution is 5.74. The van der Waals surface area contributed by atoms with Crippen LogP contribution in [0, 0.1) is 15.5 Å². The van der Waals surface area contributed by atoms with Crippen LogP contribution in [0.1, 0.15) is 12.8 Å². The van der Waals surface area contributed by atoms with Gasteiger partial charge in [-0.05, 0) is 12.8 Å². The molecule has 1 heterocycles. The Morgan fingerprint density at radius 1 is 1.86 bits per heavy atom. The molecular formula is C7H14N4O3. The molecule has 3 N–H and O–H groups in total. The summed E-state index contributed by atoms with van der Waals surface area (Å²) in [5.41, 5.74) is 5.19. The predicted molar refractivity (Wildman–Crippen MR) is 49.4 cm³/mol. The van der Waals surface area contributed by atoms with Crippen LogP contribution in [0.25, 0.3) is 0 Å². The summed E-state index contributed by atoms with van der Waals surface area (Å²) in [7, 11) is 1.43. The van der Waals surface area contributed by atoms with Crippen molar-refractivity contribution in [1.29, 1.82) is 5.41 Å². The standard InChI is InChI=1S/C7H14N4O3/c1-10(7(8)9)6(11(12)13)5-3-2-4-14-5/h5-6H,2-4H2,1H3,(H3,8,9). The van der Waals surface area contributed by atoms with Crippen molar-refractivity contribution in [3.05, 3.63) is 10.1 Å². The minimum absolute atomic E-state index is 0.317. The minimum atomic E-state index is -1.05. The molecule has 1 rings (SSSR count). The fourth-order valence-electron chi connectivity index (χ4n) is 1.51. The van der Waals surface area contributed by atoms with Gasteiger partial charge >= 0.3 is 6.17 Å². The van der Waals surface area contributed by atoms with Gasteiger partial charge in [-0.1, -0.05) is 0 Å². The third-order valence-corrected chi connectivity index (χ3v) is 2.29. The van der Waals surface area contributed by atoms with Gasteiger partial charge in [0.05, 0.1) is 0 Å². The summed E-state index contributed by atoms with van der Waals surface area (Å²) >= 11 is 0. The molecule has 0 bridgehead atoms. The van der Waals surface area contributed by atoms with E-state index in [2.05, 4.69) is 0 Å². The topological polar surface area (TPSA) is 105 Å². The zero-order chi connectivity index (χ0) is 10.7. The van der Waals surface area contributed by atoms with Crippen molar-refractivity contribution in [2.24, 2.45) is 5.73 Å². The van der Waals surface area contributed by atoms with Crippen LogP contribution in [0.3, 0.4) is 0 Å². The van der Waals surface area contributed by atoms with Crippen molar-refractivity contribution in [1.82, 2.24) is 4.90 Å². The predicted octanol–water partition coefficient (Wildman–Crippen LogP) is -0.407. The lowest BCUT2D eigenvalue weighted by atomic mass is 10.2. The average Bonchev–Trinajstić information content (AvgIpc) is 2.56. The minimum Gasteiger partial charge on any atom is -0.370 e. The zero-order valence-corrected chi connectivity index (χ0v) is 7.97. The second-order valence-corrected chi connectivity index (χ2v) is 3.25. The molecule has 1 aliphatic rings. The maximum absolute atomic E-state index is 10.8. The summed E-state index contributed by atoms with van der Waals surface area (Å²) < 4.78 is 5.21. The Bertz CT molecular complexity index is 239. The van der Waals surface area contributed by atoms with Crippen LogP contribution in [0.15, 0.2) is 0 Å². The van der Waals surface area contributed by atoms with Gasteiger partial charge in [0.15, 0.2) is 5.96 Å². The Morgan fingerprint density at radius 2 is 2.50 bits per heavy atom. The maximum atomic E-state index is 10.8. The molecule has 2 unspecified atom stereocenters. The van der Waals surface area contributed by atoms with E-state index < -0.39 is 17.2 Å². The van der Waals surface area contributed by atoms with E-state index in [1.165, 1.54) is 7.05 Å². The van der Waals surface area contributed by atoms with E-state index in [9.17, 15) is 10.1 Å². The first-order valence-corrected chi connectivity index (χ1v) is 4.36. The molecule has 7 heteroatoms. The van der Waals surface area contributed by atoms with Gasteiger partial charge in [-0.25, -0.2) is 0 Å². The third-order valence-electron chi connectivity index (χ3n) is 2.29. The molecule has 80 valence electrons. The summed E-state index contributed by atoms with van der Waals surface area (Å²) in [5, 5.41) is 17.9. The van der Waals surface area contributed by atoms with Gasteiger partial charge in [0, 0.05) is 18.6 Å². The second-order valence-electron chi connectivity index (χ2n) is 3.25. The van der Waals surface area contributed by atoms with Crippen LogP contribution >= 0.6 is 0 Å². The van der Waals surface area contributed by atoms with Gasteiger partial charge in [0.25, 0.3) is 0 Å². The molecule has 0 aromatic heterocycles. The number of nitrogens with two attached hydrogens (primary N) is 1. The van der Waals surface area contributed by atoms with E-state index >= 15 is 0 Å². The summed E-state index contributed by atoms with van der Waals surface area (Å²) in [6.07, 6.45) is -0.0433. The molecule has 0 spiro atoms. The Kier molecular flexibility index (Phi) is 3.23. The maximum Gasteiger partial charge on any atom is 0.315 e. The van der Waals surface area contributed by atoms with Crippen molar-refractivity contribution in [3.63, 3.8) is 0 Å². The molecule has 1 saturated heterocycles. The van der Waals surface area contributed by atoms with Gasteiger partial charge in [0.1, 0.15) is 6.10 Å². The quantitative estimate of drug-likeness (QED) is 0.213. The highest BCUT2D eigenvalue weighted by Gasteiger charge is 2.38. The number of nitrogens with one attached hydrogen (secondary N) is 1. The first kappa shape index (κ1) is 10.7. The van der Waals surface area contributed by atoms with Gasteiger partial charge in [-0.2, -0.15) is 0 Å². The second kappa shape index (κ2) is 4.23. The van der Waals surface area contributed by atoms with Crippen molar-refractivity contribution in [2.75, 3.05) is 13.7 Å². The van der Waals surface area contributed by atoms with Gasteiger partial charge in [-0.3, -0.25) is 20.4 Å². The van der Waals surface area contributed by atoms with E-state index in [4.69, 9.17) is 15.9 Å². The van der Waals surface area contributed by atoms with Crippen LogP contribution in [0.5, 0.6) is 0 Å². The number of nitro groups is 1. The molecule has 14 heavy (non-hydrogen) atoms. The van der Waals surface area contributed by atoms with Crippen LogP contribution in [0.2, 0.25) is 0 Å². The number of guanidine groups is 1. The van der Waals surface area contributed by atoms with Crippen LogP contribution < -0.4 is 5.73 Å². The molecule has 0 radical (unpaired) electrons. The molecule has 0 amide bonds. The lowest BCUT2D eigenvalue weighted by Crippen LogP contribution is -2.51. The molecule has 1 aliphatic heterocycles. The molecule has 0 aromatic rings. The number of ether oxygens (including phenoxy) is 1.